The van der Waals surface area contributed by atoms with Crippen LogP contribution in [0.1, 0.15) is 11.3 Å². The van der Waals surface area contributed by atoms with Gasteiger partial charge < -0.3 is 10.8 Å². The van der Waals surface area contributed by atoms with Gasteiger partial charge in [0, 0.05) is 17.5 Å². The maximum Gasteiger partial charge on any atom is 0.215 e. The molecule has 0 aliphatic carbocycles. The Labute approximate surface area is 114 Å². The fourth-order valence-corrected chi connectivity index (χ4v) is 2.61. The van der Waals surface area contributed by atoms with Gasteiger partial charge in [0.2, 0.25) is 5.88 Å². The van der Waals surface area contributed by atoms with Crippen LogP contribution in [-0.2, 0) is 5.75 Å². The zero-order chi connectivity index (χ0) is 13.1. The third-order valence-corrected chi connectivity index (χ3v) is 3.64. The van der Waals surface area contributed by atoms with E-state index in [9.17, 15) is 5.11 Å². The molecule has 2 aromatic rings. The Morgan fingerprint density at radius 3 is 2.89 bits per heavy atom. The highest BCUT2D eigenvalue weighted by atomic mass is 35.5. The molecule has 0 radical (unpaired) electrons. The molecule has 0 bridgehead atoms. The van der Waals surface area contributed by atoms with Gasteiger partial charge >= 0.3 is 0 Å². The average molecular weight is 282 g/mol. The van der Waals surface area contributed by atoms with Crippen molar-refractivity contribution in [2.75, 3.05) is 5.73 Å². The maximum atomic E-state index is 9.38. The largest absolute Gasteiger partial charge is 0.493 e. The summed E-state index contributed by atoms with van der Waals surface area (Å²) in [6.07, 6.45) is 0. The third-order valence-electron chi connectivity index (χ3n) is 2.29. The molecule has 0 saturated carbocycles. The van der Waals surface area contributed by atoms with E-state index in [2.05, 4.69) is 9.97 Å². The molecule has 0 unspecified atom stereocenters. The molecule has 1 aromatic heterocycles. The van der Waals surface area contributed by atoms with Gasteiger partial charge in [-0.25, -0.2) is 4.98 Å². The van der Waals surface area contributed by atoms with Gasteiger partial charge in [-0.15, -0.1) is 0 Å². The van der Waals surface area contributed by atoms with Crippen LogP contribution in [0.3, 0.4) is 0 Å². The molecule has 0 saturated heterocycles. The molecule has 4 nitrogen and oxygen atoms in total. The number of halogens is 1. The number of thioether (sulfide) groups is 1. The Hall–Kier alpha value is -1.46. The number of aromatic nitrogens is 2. The molecule has 0 aliphatic rings. The first-order valence-corrected chi connectivity index (χ1v) is 6.63. The fraction of sp³-hybridized carbons (Fsp3) is 0.167. The summed E-state index contributed by atoms with van der Waals surface area (Å²) in [6, 6.07) is 7.02. The van der Waals surface area contributed by atoms with E-state index in [1.54, 1.807) is 13.0 Å². The van der Waals surface area contributed by atoms with E-state index in [1.807, 2.05) is 12.1 Å². The van der Waals surface area contributed by atoms with Crippen LogP contribution >= 0.6 is 23.4 Å². The summed E-state index contributed by atoms with van der Waals surface area (Å²) >= 11 is 7.50. The lowest BCUT2D eigenvalue weighted by Gasteiger charge is -2.06. The molecule has 2 rings (SSSR count). The van der Waals surface area contributed by atoms with Gasteiger partial charge in [0.15, 0.2) is 5.16 Å². The highest BCUT2D eigenvalue weighted by Gasteiger charge is 2.07. The van der Waals surface area contributed by atoms with Crippen molar-refractivity contribution in [3.8, 4) is 5.88 Å². The zero-order valence-corrected chi connectivity index (χ0v) is 11.3. The average Bonchev–Trinajstić information content (AvgIpc) is 2.30. The van der Waals surface area contributed by atoms with E-state index < -0.39 is 0 Å². The van der Waals surface area contributed by atoms with Gasteiger partial charge in [-0.1, -0.05) is 35.5 Å². The lowest BCUT2D eigenvalue weighted by molar-refractivity contribution is 0.444. The summed E-state index contributed by atoms with van der Waals surface area (Å²) < 4.78 is 0. The van der Waals surface area contributed by atoms with E-state index in [4.69, 9.17) is 17.3 Å². The number of hydrogen-bond donors (Lipinski definition) is 2. The number of nitrogens with two attached hydrogens (primary N) is 1. The lowest BCUT2D eigenvalue weighted by Crippen LogP contribution is -1.93. The van der Waals surface area contributed by atoms with Crippen LogP contribution < -0.4 is 5.73 Å². The first kappa shape index (κ1) is 13.0. The Morgan fingerprint density at radius 2 is 2.17 bits per heavy atom. The van der Waals surface area contributed by atoms with E-state index in [1.165, 1.54) is 17.8 Å². The van der Waals surface area contributed by atoms with Crippen molar-refractivity contribution in [1.82, 2.24) is 9.97 Å². The number of rotatable bonds is 3. The van der Waals surface area contributed by atoms with Gasteiger partial charge in [0.25, 0.3) is 0 Å². The van der Waals surface area contributed by atoms with Crippen molar-refractivity contribution < 1.29 is 5.11 Å². The summed E-state index contributed by atoms with van der Waals surface area (Å²) in [5.74, 6) is 0.580. The Morgan fingerprint density at radius 1 is 1.39 bits per heavy atom. The predicted octanol–water partition coefficient (Wildman–Crippen LogP) is 3.02. The fourth-order valence-electron chi connectivity index (χ4n) is 1.44. The van der Waals surface area contributed by atoms with Crippen molar-refractivity contribution in [2.45, 2.75) is 17.8 Å². The van der Waals surface area contributed by atoms with Crippen LogP contribution in [0.15, 0.2) is 29.4 Å². The van der Waals surface area contributed by atoms with Crippen molar-refractivity contribution in [2.24, 2.45) is 0 Å². The number of nitrogen functional groups attached to an aromatic ring is 1. The third kappa shape index (κ3) is 3.05. The van der Waals surface area contributed by atoms with E-state index in [0.717, 1.165) is 11.3 Å². The molecule has 0 fully saturated rings. The molecule has 0 aliphatic heterocycles. The first-order chi connectivity index (χ1) is 8.56. The van der Waals surface area contributed by atoms with Crippen LogP contribution in [-0.4, -0.2) is 15.1 Å². The quantitative estimate of drug-likeness (QED) is 0.514. The predicted molar refractivity (Wildman–Crippen MR) is 73.9 cm³/mol. The van der Waals surface area contributed by atoms with E-state index in [-0.39, 0.29) is 5.88 Å². The SMILES string of the molecule is Cc1cc(O)nc(SCc2cccc(N)c2Cl)n1. The molecule has 1 heterocycles. The van der Waals surface area contributed by atoms with Gasteiger partial charge in [-0.3, -0.25) is 0 Å². The molecule has 0 spiro atoms. The van der Waals surface area contributed by atoms with E-state index in [0.29, 0.717) is 21.6 Å². The zero-order valence-electron chi connectivity index (χ0n) is 9.72. The minimum atomic E-state index is -0.0244. The summed E-state index contributed by atoms with van der Waals surface area (Å²) in [6.45, 7) is 1.80. The topological polar surface area (TPSA) is 72.0 Å². The van der Waals surface area contributed by atoms with Crippen molar-refractivity contribution in [3.05, 3.63) is 40.5 Å². The minimum absolute atomic E-state index is 0.0244. The number of anilines is 1. The van der Waals surface area contributed by atoms with Crippen LogP contribution in [0.4, 0.5) is 5.69 Å². The number of aryl methyl sites for hydroxylation is 1. The second-order valence-corrected chi connectivity index (χ2v) is 5.08. The van der Waals surface area contributed by atoms with Crippen LogP contribution in [0.5, 0.6) is 5.88 Å². The molecule has 6 heteroatoms. The van der Waals surface area contributed by atoms with Crippen molar-refractivity contribution in [3.63, 3.8) is 0 Å². The second kappa shape index (κ2) is 5.46. The lowest BCUT2D eigenvalue weighted by atomic mass is 10.2. The van der Waals surface area contributed by atoms with Crippen molar-refractivity contribution in [1.29, 1.82) is 0 Å². The smallest absolute Gasteiger partial charge is 0.215 e. The maximum absolute atomic E-state index is 9.38. The highest BCUT2D eigenvalue weighted by molar-refractivity contribution is 7.98. The normalized spacial score (nSPS) is 10.6. The molecule has 0 amide bonds. The number of nitrogens with zero attached hydrogens (tertiary/aromatic N) is 2. The molecular formula is C12H12ClN3OS. The Bertz CT molecular complexity index is 557. The molecule has 1 aromatic carbocycles. The summed E-state index contributed by atoms with van der Waals surface area (Å²) in [5, 5.41) is 10.5. The van der Waals surface area contributed by atoms with Gasteiger partial charge in [0.1, 0.15) is 0 Å². The first-order valence-electron chi connectivity index (χ1n) is 5.26. The molecule has 18 heavy (non-hydrogen) atoms. The van der Waals surface area contributed by atoms with Crippen LogP contribution in [0, 0.1) is 6.92 Å². The molecule has 94 valence electrons. The monoisotopic (exact) mass is 281 g/mol. The molecule has 0 atom stereocenters. The van der Waals surface area contributed by atoms with Crippen LogP contribution in [0.2, 0.25) is 5.02 Å². The van der Waals surface area contributed by atoms with Crippen LogP contribution in [0.25, 0.3) is 0 Å². The Balaban J connectivity index is 2.14. The standard InChI is InChI=1S/C12H12ClN3OS/c1-7-5-10(17)16-12(15-7)18-6-8-3-2-4-9(14)11(8)13/h2-5H,6,14H2,1H3,(H,15,16,17). The van der Waals surface area contributed by atoms with Gasteiger partial charge in [-0.05, 0) is 18.6 Å². The van der Waals surface area contributed by atoms with E-state index >= 15 is 0 Å². The Kier molecular flexibility index (Phi) is 3.93. The molecular weight excluding hydrogens is 270 g/mol. The summed E-state index contributed by atoms with van der Waals surface area (Å²) in [7, 11) is 0. The summed E-state index contributed by atoms with van der Waals surface area (Å²) in [4.78, 5) is 8.15. The number of aromatic hydroxyl groups is 1. The van der Waals surface area contributed by atoms with Crippen molar-refractivity contribution >= 4 is 29.1 Å². The summed E-state index contributed by atoms with van der Waals surface area (Å²) in [5.41, 5.74) is 7.93. The second-order valence-electron chi connectivity index (χ2n) is 3.76. The highest BCUT2D eigenvalue weighted by Crippen LogP contribution is 2.29. The van der Waals surface area contributed by atoms with Gasteiger partial charge in [-0.2, -0.15) is 4.98 Å². The van der Waals surface area contributed by atoms with Gasteiger partial charge in [0.05, 0.1) is 10.7 Å². The minimum Gasteiger partial charge on any atom is -0.493 e. The number of benzene rings is 1. The molecule has 3 N–H and O–H groups in total. The number of hydrogen-bond acceptors (Lipinski definition) is 5.